The van der Waals surface area contributed by atoms with Crippen LogP contribution >= 0.6 is 24.0 Å². The fourth-order valence-corrected chi connectivity index (χ4v) is 3.34. The van der Waals surface area contributed by atoms with Gasteiger partial charge in [-0.3, -0.25) is 0 Å². The number of hydrogen-bond acceptors (Lipinski definition) is 3. The van der Waals surface area contributed by atoms with Crippen molar-refractivity contribution in [3.63, 3.8) is 0 Å². The molecule has 0 fully saturated rings. The number of aryl methyl sites for hydroxylation is 1. The largest absolute Gasteiger partial charge is 0.396 e. The molecule has 3 rings (SSSR count). The Hall–Kier alpha value is -2.39. The smallest absolute Gasteiger partial charge is 0.191 e. The van der Waals surface area contributed by atoms with Gasteiger partial charge in [-0.05, 0) is 30.5 Å². The molecule has 0 spiro atoms. The van der Waals surface area contributed by atoms with Gasteiger partial charge in [0.2, 0.25) is 0 Å². The summed E-state index contributed by atoms with van der Waals surface area (Å²) in [5.74, 6) is 1.79. The molecule has 0 aliphatic heterocycles. The zero-order chi connectivity index (χ0) is 21.2. The van der Waals surface area contributed by atoms with Crippen LogP contribution in [0.4, 0.5) is 0 Å². The van der Waals surface area contributed by atoms with E-state index >= 15 is 0 Å². The lowest BCUT2D eigenvalue weighted by molar-refractivity contribution is 0.265. The van der Waals surface area contributed by atoms with E-state index in [1.807, 2.05) is 56.6 Å². The van der Waals surface area contributed by atoms with E-state index in [9.17, 15) is 5.11 Å². The maximum absolute atomic E-state index is 9.78. The topological polar surface area (TPSA) is 74.5 Å². The first-order valence-electron chi connectivity index (χ1n) is 10.4. The number of aromatic nitrogens is 2. The van der Waals surface area contributed by atoms with Crippen molar-refractivity contribution in [2.45, 2.75) is 32.9 Å². The van der Waals surface area contributed by atoms with Crippen molar-refractivity contribution < 1.29 is 5.11 Å². The highest BCUT2D eigenvalue weighted by Gasteiger charge is 2.11. The van der Waals surface area contributed by atoms with Crippen LogP contribution in [0.5, 0.6) is 0 Å². The van der Waals surface area contributed by atoms with E-state index in [2.05, 4.69) is 44.5 Å². The second-order valence-corrected chi connectivity index (χ2v) is 7.29. The molecule has 0 aliphatic carbocycles. The Morgan fingerprint density at radius 1 is 1.10 bits per heavy atom. The van der Waals surface area contributed by atoms with Gasteiger partial charge in [0.15, 0.2) is 5.96 Å². The SMILES string of the molecule is CCNC(=NCc1cccc(Cn2ccnc2C)c1)NCC(CO)c1ccccc1.I. The number of nitrogens with zero attached hydrogens (tertiary/aromatic N) is 3. The summed E-state index contributed by atoms with van der Waals surface area (Å²) >= 11 is 0. The predicted octanol–water partition coefficient (Wildman–Crippen LogP) is 3.69. The maximum atomic E-state index is 9.78. The van der Waals surface area contributed by atoms with Crippen LogP contribution in [-0.2, 0) is 13.1 Å². The maximum Gasteiger partial charge on any atom is 0.191 e. The van der Waals surface area contributed by atoms with E-state index in [1.54, 1.807) is 0 Å². The molecule has 31 heavy (non-hydrogen) atoms. The number of rotatable bonds is 9. The third-order valence-corrected chi connectivity index (χ3v) is 5.04. The Balaban J connectivity index is 0.00000341. The molecule has 0 saturated heterocycles. The average molecular weight is 533 g/mol. The van der Waals surface area contributed by atoms with Gasteiger partial charge in [-0.1, -0.05) is 54.6 Å². The second kappa shape index (κ2) is 13.1. The summed E-state index contributed by atoms with van der Waals surface area (Å²) in [6.45, 7) is 6.93. The summed E-state index contributed by atoms with van der Waals surface area (Å²) in [7, 11) is 0. The fourth-order valence-electron chi connectivity index (χ4n) is 3.34. The van der Waals surface area contributed by atoms with E-state index in [0.717, 1.165) is 36.0 Å². The first-order chi connectivity index (χ1) is 14.7. The van der Waals surface area contributed by atoms with Gasteiger partial charge >= 0.3 is 0 Å². The molecule has 0 radical (unpaired) electrons. The molecule has 0 aliphatic rings. The zero-order valence-electron chi connectivity index (χ0n) is 18.2. The molecule has 1 atom stereocenters. The molecule has 3 N–H and O–H groups in total. The van der Waals surface area contributed by atoms with Crippen LogP contribution in [0.25, 0.3) is 0 Å². The molecule has 1 aromatic heterocycles. The van der Waals surface area contributed by atoms with Crippen LogP contribution in [0.3, 0.4) is 0 Å². The number of aliphatic hydroxyl groups is 1. The summed E-state index contributed by atoms with van der Waals surface area (Å²) in [6, 6.07) is 18.5. The number of hydrogen-bond donors (Lipinski definition) is 3. The summed E-state index contributed by atoms with van der Waals surface area (Å²) in [5.41, 5.74) is 3.50. The minimum absolute atomic E-state index is 0. The molecule has 6 nitrogen and oxygen atoms in total. The first kappa shape index (κ1) is 24.9. The summed E-state index contributed by atoms with van der Waals surface area (Å²) in [4.78, 5) is 9.02. The van der Waals surface area contributed by atoms with Crippen molar-refractivity contribution in [3.05, 3.63) is 89.5 Å². The third kappa shape index (κ3) is 7.66. The van der Waals surface area contributed by atoms with E-state index in [-0.39, 0.29) is 36.5 Å². The Bertz CT molecular complexity index is 942. The van der Waals surface area contributed by atoms with Gasteiger partial charge < -0.3 is 20.3 Å². The summed E-state index contributed by atoms with van der Waals surface area (Å²) < 4.78 is 2.13. The Kier molecular flexibility index (Phi) is 10.5. The Morgan fingerprint density at radius 3 is 2.55 bits per heavy atom. The molecule has 0 bridgehead atoms. The van der Waals surface area contributed by atoms with E-state index in [1.165, 1.54) is 5.56 Å². The van der Waals surface area contributed by atoms with Crippen LogP contribution in [0.2, 0.25) is 0 Å². The van der Waals surface area contributed by atoms with Crippen molar-refractivity contribution in [1.29, 1.82) is 0 Å². The highest BCUT2D eigenvalue weighted by atomic mass is 127. The second-order valence-electron chi connectivity index (χ2n) is 7.29. The van der Waals surface area contributed by atoms with Gasteiger partial charge in [-0.2, -0.15) is 0 Å². The average Bonchev–Trinajstić information content (AvgIpc) is 3.17. The quantitative estimate of drug-likeness (QED) is 0.223. The Morgan fingerprint density at radius 2 is 1.87 bits per heavy atom. The van der Waals surface area contributed by atoms with Gasteiger partial charge in [0.05, 0.1) is 13.2 Å². The van der Waals surface area contributed by atoms with Crippen LogP contribution in [0.15, 0.2) is 72.0 Å². The first-order valence-corrected chi connectivity index (χ1v) is 10.4. The van der Waals surface area contributed by atoms with E-state index < -0.39 is 0 Å². The Labute approximate surface area is 201 Å². The van der Waals surface area contributed by atoms with Crippen molar-refractivity contribution in [3.8, 4) is 0 Å². The summed E-state index contributed by atoms with van der Waals surface area (Å²) in [6.07, 6.45) is 3.82. The van der Waals surface area contributed by atoms with Crippen molar-refractivity contribution in [1.82, 2.24) is 20.2 Å². The van der Waals surface area contributed by atoms with Crippen LogP contribution in [0.1, 0.15) is 35.4 Å². The molecule has 0 saturated carbocycles. The van der Waals surface area contributed by atoms with Crippen molar-refractivity contribution in [2.75, 3.05) is 19.7 Å². The van der Waals surface area contributed by atoms with E-state index in [0.29, 0.717) is 13.1 Å². The molecule has 1 heterocycles. The molecular formula is C24H32IN5O. The molecule has 166 valence electrons. The number of nitrogens with one attached hydrogen (secondary N) is 2. The lowest BCUT2D eigenvalue weighted by Gasteiger charge is -2.18. The van der Waals surface area contributed by atoms with Crippen LogP contribution < -0.4 is 10.6 Å². The van der Waals surface area contributed by atoms with Crippen LogP contribution in [0, 0.1) is 6.92 Å². The monoisotopic (exact) mass is 533 g/mol. The molecule has 1 unspecified atom stereocenters. The third-order valence-electron chi connectivity index (χ3n) is 5.04. The molecule has 2 aromatic carbocycles. The number of benzene rings is 2. The zero-order valence-corrected chi connectivity index (χ0v) is 20.5. The van der Waals surface area contributed by atoms with Gasteiger partial charge in [0.1, 0.15) is 5.82 Å². The lowest BCUT2D eigenvalue weighted by atomic mass is 10.0. The van der Waals surface area contributed by atoms with Crippen molar-refractivity contribution >= 4 is 29.9 Å². The van der Waals surface area contributed by atoms with E-state index in [4.69, 9.17) is 4.99 Å². The number of halogens is 1. The van der Waals surface area contributed by atoms with Gasteiger partial charge in [-0.15, -0.1) is 24.0 Å². The molecular weight excluding hydrogens is 501 g/mol. The van der Waals surface area contributed by atoms with Gasteiger partial charge in [0.25, 0.3) is 0 Å². The standard InChI is InChI=1S/C24H31N5O.HI/c1-3-25-24(28-16-23(18-30)22-10-5-4-6-11-22)27-15-20-8-7-9-21(14-20)17-29-13-12-26-19(29)2;/h4-14,23,30H,3,15-18H2,1-2H3,(H2,25,27,28);1H. The normalized spacial score (nSPS) is 12.2. The molecule has 7 heteroatoms. The number of guanidine groups is 1. The number of aliphatic hydroxyl groups excluding tert-OH is 1. The predicted molar refractivity (Wildman–Crippen MR) is 137 cm³/mol. The number of aliphatic imine (C=N–C) groups is 1. The van der Waals surface area contributed by atoms with Crippen LogP contribution in [-0.4, -0.2) is 40.3 Å². The van der Waals surface area contributed by atoms with Gasteiger partial charge in [-0.25, -0.2) is 9.98 Å². The van der Waals surface area contributed by atoms with Gasteiger partial charge in [0, 0.05) is 37.9 Å². The minimum Gasteiger partial charge on any atom is -0.396 e. The fraction of sp³-hybridized carbons (Fsp3) is 0.333. The lowest BCUT2D eigenvalue weighted by Crippen LogP contribution is -2.39. The minimum atomic E-state index is 0. The summed E-state index contributed by atoms with van der Waals surface area (Å²) in [5, 5.41) is 16.4. The highest BCUT2D eigenvalue weighted by molar-refractivity contribution is 14.0. The van der Waals surface area contributed by atoms with Crippen molar-refractivity contribution in [2.24, 2.45) is 4.99 Å². The molecule has 3 aromatic rings. The number of imidazole rings is 1. The highest BCUT2D eigenvalue weighted by Crippen LogP contribution is 2.14. The molecule has 0 amide bonds.